The van der Waals surface area contributed by atoms with Gasteiger partial charge in [0, 0.05) is 13.6 Å². The Balaban J connectivity index is 2.54. The molecule has 3 heteroatoms. The second kappa shape index (κ2) is 6.71. The molecular formula is C16H26N2O. The van der Waals surface area contributed by atoms with Crippen molar-refractivity contribution in [2.45, 2.75) is 39.2 Å². The first-order valence-corrected chi connectivity index (χ1v) is 6.93. The van der Waals surface area contributed by atoms with Crippen LogP contribution in [0.2, 0.25) is 0 Å². The number of carbonyl (C=O) groups excluding carboxylic acids is 1. The van der Waals surface area contributed by atoms with Crippen LogP contribution in [0.3, 0.4) is 0 Å². The van der Waals surface area contributed by atoms with Crippen LogP contribution in [0.5, 0.6) is 0 Å². The molecule has 0 radical (unpaired) electrons. The monoisotopic (exact) mass is 262 g/mol. The van der Waals surface area contributed by atoms with E-state index in [9.17, 15) is 4.79 Å². The molecule has 106 valence electrons. The summed E-state index contributed by atoms with van der Waals surface area (Å²) < 4.78 is 0. The highest BCUT2D eigenvalue weighted by Gasteiger charge is 2.27. The number of nitrogens with one attached hydrogen (secondary N) is 1. The first-order chi connectivity index (χ1) is 8.90. The Hall–Kier alpha value is -1.35. The Bertz CT molecular complexity index is 409. The van der Waals surface area contributed by atoms with Gasteiger partial charge in [0.1, 0.15) is 0 Å². The largest absolute Gasteiger partial charge is 0.344 e. The number of amides is 1. The maximum atomic E-state index is 12.2. The zero-order valence-corrected chi connectivity index (χ0v) is 12.8. The van der Waals surface area contributed by atoms with Gasteiger partial charge in [-0.05, 0) is 44.9 Å². The lowest BCUT2D eigenvalue weighted by Crippen LogP contribution is -2.52. The first kappa shape index (κ1) is 15.7. The molecule has 0 saturated heterocycles. The molecule has 1 amide bonds. The molecule has 0 heterocycles. The molecule has 19 heavy (non-hydrogen) atoms. The number of rotatable bonds is 6. The van der Waals surface area contributed by atoms with Gasteiger partial charge in [0.25, 0.3) is 0 Å². The zero-order valence-electron chi connectivity index (χ0n) is 12.8. The van der Waals surface area contributed by atoms with Gasteiger partial charge >= 0.3 is 0 Å². The number of hydrogen-bond acceptors (Lipinski definition) is 2. The molecule has 1 N–H and O–H groups in total. The maximum Gasteiger partial charge on any atom is 0.242 e. The highest BCUT2D eigenvalue weighted by Crippen LogP contribution is 2.09. The molecule has 0 bridgehead atoms. The van der Waals surface area contributed by atoms with E-state index < -0.39 is 5.54 Å². The molecule has 3 nitrogen and oxygen atoms in total. The van der Waals surface area contributed by atoms with E-state index in [1.807, 2.05) is 27.9 Å². The third-order valence-corrected chi connectivity index (χ3v) is 3.67. The molecule has 1 aromatic rings. The Morgan fingerprint density at radius 1 is 1.21 bits per heavy atom. The highest BCUT2D eigenvalue weighted by molar-refractivity contribution is 5.85. The maximum absolute atomic E-state index is 12.2. The lowest BCUT2D eigenvalue weighted by atomic mass is 10.0. The average Bonchev–Trinajstić information content (AvgIpc) is 2.44. The molecule has 0 spiro atoms. The van der Waals surface area contributed by atoms with Crippen molar-refractivity contribution < 1.29 is 4.79 Å². The van der Waals surface area contributed by atoms with Crippen LogP contribution in [-0.4, -0.2) is 37.0 Å². The molecular weight excluding hydrogens is 236 g/mol. The van der Waals surface area contributed by atoms with Gasteiger partial charge in [-0.2, -0.15) is 0 Å². The molecule has 0 fully saturated rings. The second-order valence-electron chi connectivity index (χ2n) is 5.52. The molecule has 0 aliphatic rings. The lowest BCUT2D eigenvalue weighted by Gasteiger charge is -2.29. The number of aryl methyl sites for hydroxylation is 1. The normalized spacial score (nSPS) is 11.4. The van der Waals surface area contributed by atoms with E-state index in [-0.39, 0.29) is 5.91 Å². The minimum absolute atomic E-state index is 0.125. The van der Waals surface area contributed by atoms with Crippen molar-refractivity contribution in [3.8, 4) is 0 Å². The summed E-state index contributed by atoms with van der Waals surface area (Å²) in [6, 6.07) is 8.63. The fourth-order valence-electron chi connectivity index (χ4n) is 1.92. The predicted molar refractivity (Wildman–Crippen MR) is 80.3 cm³/mol. The van der Waals surface area contributed by atoms with Crippen molar-refractivity contribution in [1.29, 1.82) is 0 Å². The standard InChI is InChI=1S/C16H26N2O/c1-6-13-7-9-14(10-8-13)11-12-18(5)15(19)16(2,3)17-4/h7-10,17H,6,11-12H2,1-5H3. The number of nitrogens with zero attached hydrogens (tertiary/aromatic N) is 1. The Morgan fingerprint density at radius 3 is 2.21 bits per heavy atom. The second-order valence-corrected chi connectivity index (χ2v) is 5.52. The van der Waals surface area contributed by atoms with Gasteiger partial charge in [0.2, 0.25) is 5.91 Å². The molecule has 0 aliphatic carbocycles. The van der Waals surface area contributed by atoms with Gasteiger partial charge in [0.15, 0.2) is 0 Å². The molecule has 0 aliphatic heterocycles. The van der Waals surface area contributed by atoms with E-state index in [2.05, 4.69) is 36.5 Å². The van der Waals surface area contributed by atoms with E-state index in [1.165, 1.54) is 11.1 Å². The molecule has 0 saturated carbocycles. The van der Waals surface area contributed by atoms with Gasteiger partial charge in [-0.1, -0.05) is 31.2 Å². The van der Waals surface area contributed by atoms with Crippen molar-refractivity contribution in [2.24, 2.45) is 0 Å². The minimum Gasteiger partial charge on any atom is -0.344 e. The van der Waals surface area contributed by atoms with Gasteiger partial charge in [-0.3, -0.25) is 4.79 Å². The topological polar surface area (TPSA) is 32.3 Å². The summed E-state index contributed by atoms with van der Waals surface area (Å²) in [6.45, 7) is 6.71. The van der Waals surface area contributed by atoms with Crippen LogP contribution in [0, 0.1) is 0 Å². The molecule has 0 aromatic heterocycles. The summed E-state index contributed by atoms with van der Waals surface area (Å²) in [6.07, 6.45) is 1.96. The summed E-state index contributed by atoms with van der Waals surface area (Å²) in [5.41, 5.74) is 2.13. The summed E-state index contributed by atoms with van der Waals surface area (Å²) in [4.78, 5) is 14.0. The minimum atomic E-state index is -0.499. The third-order valence-electron chi connectivity index (χ3n) is 3.67. The number of benzene rings is 1. The zero-order chi connectivity index (χ0) is 14.5. The quantitative estimate of drug-likeness (QED) is 0.853. The number of carbonyl (C=O) groups is 1. The summed E-state index contributed by atoms with van der Waals surface area (Å²) in [5, 5.41) is 3.04. The van der Waals surface area contributed by atoms with Gasteiger partial charge < -0.3 is 10.2 Å². The van der Waals surface area contributed by atoms with Gasteiger partial charge in [-0.15, -0.1) is 0 Å². The van der Waals surface area contributed by atoms with E-state index >= 15 is 0 Å². The van der Waals surface area contributed by atoms with Gasteiger partial charge in [-0.25, -0.2) is 0 Å². The number of likely N-dealkylation sites (N-methyl/N-ethyl adjacent to an activating group) is 2. The van der Waals surface area contributed by atoms with Crippen molar-refractivity contribution in [1.82, 2.24) is 10.2 Å². The highest BCUT2D eigenvalue weighted by atomic mass is 16.2. The van der Waals surface area contributed by atoms with Crippen LogP contribution in [0.15, 0.2) is 24.3 Å². The lowest BCUT2D eigenvalue weighted by molar-refractivity contribution is -0.135. The van der Waals surface area contributed by atoms with Crippen molar-refractivity contribution >= 4 is 5.91 Å². The summed E-state index contributed by atoms with van der Waals surface area (Å²) in [7, 11) is 3.68. The molecule has 0 atom stereocenters. The van der Waals surface area contributed by atoms with Crippen LogP contribution in [-0.2, 0) is 17.6 Å². The van der Waals surface area contributed by atoms with Crippen LogP contribution < -0.4 is 5.32 Å². The fraction of sp³-hybridized carbons (Fsp3) is 0.562. The Kier molecular flexibility index (Phi) is 5.55. The van der Waals surface area contributed by atoms with E-state index in [1.54, 1.807) is 4.90 Å². The van der Waals surface area contributed by atoms with Crippen molar-refractivity contribution in [3.63, 3.8) is 0 Å². The van der Waals surface area contributed by atoms with E-state index in [0.717, 1.165) is 19.4 Å². The Morgan fingerprint density at radius 2 is 1.74 bits per heavy atom. The van der Waals surface area contributed by atoms with Crippen LogP contribution in [0.4, 0.5) is 0 Å². The van der Waals surface area contributed by atoms with Crippen molar-refractivity contribution in [3.05, 3.63) is 35.4 Å². The summed E-state index contributed by atoms with van der Waals surface area (Å²) >= 11 is 0. The average molecular weight is 262 g/mol. The SMILES string of the molecule is CCc1ccc(CCN(C)C(=O)C(C)(C)NC)cc1. The van der Waals surface area contributed by atoms with E-state index in [0.29, 0.717) is 0 Å². The Labute approximate surface area is 117 Å². The fourth-order valence-corrected chi connectivity index (χ4v) is 1.92. The third kappa shape index (κ3) is 4.35. The molecule has 1 rings (SSSR count). The predicted octanol–water partition coefficient (Wildman–Crippen LogP) is 2.25. The first-order valence-electron chi connectivity index (χ1n) is 6.93. The van der Waals surface area contributed by atoms with Crippen molar-refractivity contribution in [2.75, 3.05) is 20.6 Å². The smallest absolute Gasteiger partial charge is 0.242 e. The van der Waals surface area contributed by atoms with Crippen LogP contribution in [0.1, 0.15) is 31.9 Å². The summed E-state index contributed by atoms with van der Waals surface area (Å²) in [5.74, 6) is 0.125. The molecule has 1 aromatic carbocycles. The molecule has 0 unspecified atom stereocenters. The van der Waals surface area contributed by atoms with Crippen LogP contribution >= 0.6 is 0 Å². The van der Waals surface area contributed by atoms with E-state index in [4.69, 9.17) is 0 Å². The van der Waals surface area contributed by atoms with Crippen LogP contribution in [0.25, 0.3) is 0 Å². The number of hydrogen-bond donors (Lipinski definition) is 1. The van der Waals surface area contributed by atoms with Gasteiger partial charge in [0.05, 0.1) is 5.54 Å².